The number of carbonyl (C=O) groups is 1. The fraction of sp³-hybridized carbons (Fsp3) is 0.600. The van der Waals surface area contributed by atoms with Crippen LogP contribution in [0.25, 0.3) is 0 Å². The van der Waals surface area contributed by atoms with Crippen LogP contribution in [0.15, 0.2) is 29.3 Å². The van der Waals surface area contributed by atoms with Crippen molar-refractivity contribution in [2.75, 3.05) is 51.8 Å². The summed E-state index contributed by atoms with van der Waals surface area (Å²) in [6.45, 7) is 4.43. The van der Waals surface area contributed by atoms with E-state index in [1.54, 1.807) is 0 Å². The van der Waals surface area contributed by atoms with Gasteiger partial charge in [0.15, 0.2) is 5.96 Å². The maximum atomic E-state index is 13.1. The average Bonchev–Trinajstić information content (AvgIpc) is 2.70. The second kappa shape index (κ2) is 13.6. The van der Waals surface area contributed by atoms with Crippen molar-refractivity contribution >= 4 is 41.6 Å². The number of rotatable bonds is 8. The van der Waals surface area contributed by atoms with Crippen molar-refractivity contribution in [1.82, 2.24) is 10.2 Å². The van der Waals surface area contributed by atoms with E-state index in [1.807, 2.05) is 19.2 Å². The molecule has 8 heteroatoms. The monoisotopic (exact) mass is 506 g/mol. The number of aliphatic imine (C=N–C) groups is 1. The third-order valence-electron chi connectivity index (χ3n) is 4.80. The van der Waals surface area contributed by atoms with Crippen LogP contribution < -0.4 is 10.2 Å². The summed E-state index contributed by atoms with van der Waals surface area (Å²) in [5, 5.41) is 3.43. The number of benzene rings is 1. The first-order valence-corrected chi connectivity index (χ1v) is 9.67. The number of carbonyl (C=O) groups excluding carboxylic acids is 1. The zero-order valence-corrected chi connectivity index (χ0v) is 19.2. The Labute approximate surface area is 184 Å². The van der Waals surface area contributed by atoms with Crippen LogP contribution in [0.5, 0.6) is 0 Å². The number of ether oxygens (including phenoxy) is 1. The minimum Gasteiger partial charge on any atom is -0.469 e. The van der Waals surface area contributed by atoms with Gasteiger partial charge in [0, 0.05) is 51.9 Å². The Balaban J connectivity index is 0.00000392. The summed E-state index contributed by atoms with van der Waals surface area (Å²) in [5.41, 5.74) is 1.06. The maximum absolute atomic E-state index is 13.1. The van der Waals surface area contributed by atoms with Gasteiger partial charge < -0.3 is 19.9 Å². The summed E-state index contributed by atoms with van der Waals surface area (Å²) in [6, 6.07) is 6.68. The lowest BCUT2D eigenvalue weighted by Crippen LogP contribution is -2.52. The molecular weight excluding hydrogens is 474 g/mol. The van der Waals surface area contributed by atoms with Gasteiger partial charge in [-0.1, -0.05) is 12.8 Å². The van der Waals surface area contributed by atoms with Gasteiger partial charge in [-0.3, -0.25) is 9.79 Å². The van der Waals surface area contributed by atoms with Crippen LogP contribution in [0.1, 0.15) is 32.1 Å². The number of nitrogens with one attached hydrogen (secondary N) is 1. The topological polar surface area (TPSA) is 57.2 Å². The lowest BCUT2D eigenvalue weighted by atomic mass is 10.1. The van der Waals surface area contributed by atoms with Gasteiger partial charge in [-0.2, -0.15) is 0 Å². The largest absolute Gasteiger partial charge is 0.469 e. The van der Waals surface area contributed by atoms with E-state index < -0.39 is 0 Å². The molecule has 0 amide bonds. The molecule has 1 saturated heterocycles. The molecule has 1 aromatic rings. The van der Waals surface area contributed by atoms with Gasteiger partial charge in [0.2, 0.25) is 0 Å². The molecule has 1 N–H and O–H groups in total. The van der Waals surface area contributed by atoms with Crippen molar-refractivity contribution in [2.24, 2.45) is 4.99 Å². The third kappa shape index (κ3) is 8.20. The number of methoxy groups -OCH3 is 1. The van der Waals surface area contributed by atoms with Crippen molar-refractivity contribution in [3.05, 3.63) is 30.1 Å². The predicted octanol–water partition coefficient (Wildman–Crippen LogP) is 3.26. The lowest BCUT2D eigenvalue weighted by Gasteiger charge is -2.37. The summed E-state index contributed by atoms with van der Waals surface area (Å²) >= 11 is 0. The Morgan fingerprint density at radius 2 is 1.75 bits per heavy atom. The van der Waals surface area contributed by atoms with Crippen LogP contribution in [0.2, 0.25) is 0 Å². The second-order valence-corrected chi connectivity index (χ2v) is 6.66. The molecule has 0 bridgehead atoms. The second-order valence-electron chi connectivity index (χ2n) is 6.66. The SMILES string of the molecule is CN=C(NCCCCCCC(=O)OC)N1CCN(c2ccc(F)cc2)CC1.I. The average molecular weight is 506 g/mol. The highest BCUT2D eigenvalue weighted by molar-refractivity contribution is 14.0. The van der Waals surface area contributed by atoms with Gasteiger partial charge in [-0.15, -0.1) is 24.0 Å². The molecule has 0 saturated carbocycles. The van der Waals surface area contributed by atoms with Crippen LogP contribution in [-0.2, 0) is 9.53 Å². The van der Waals surface area contributed by atoms with E-state index >= 15 is 0 Å². The van der Waals surface area contributed by atoms with E-state index in [9.17, 15) is 9.18 Å². The fourth-order valence-corrected chi connectivity index (χ4v) is 3.21. The molecule has 1 aliphatic heterocycles. The van der Waals surface area contributed by atoms with Gasteiger partial charge >= 0.3 is 5.97 Å². The Hall–Kier alpha value is -1.58. The van der Waals surface area contributed by atoms with Gasteiger partial charge in [0.25, 0.3) is 0 Å². The van der Waals surface area contributed by atoms with Crippen molar-refractivity contribution in [3.8, 4) is 0 Å². The number of piperazine rings is 1. The maximum Gasteiger partial charge on any atom is 0.305 e. The molecule has 0 unspecified atom stereocenters. The molecule has 28 heavy (non-hydrogen) atoms. The number of anilines is 1. The summed E-state index contributed by atoms with van der Waals surface area (Å²) < 4.78 is 17.7. The van der Waals surface area contributed by atoms with Crippen LogP contribution in [-0.4, -0.2) is 63.7 Å². The molecule has 1 aliphatic rings. The molecule has 0 spiro atoms. The number of halogens is 2. The zero-order chi connectivity index (χ0) is 19.5. The van der Waals surface area contributed by atoms with E-state index in [2.05, 4.69) is 24.8 Å². The Morgan fingerprint density at radius 3 is 2.36 bits per heavy atom. The molecule has 1 heterocycles. The molecule has 2 rings (SSSR count). The van der Waals surface area contributed by atoms with Crippen LogP contribution in [0.4, 0.5) is 10.1 Å². The molecule has 1 fully saturated rings. The molecule has 0 atom stereocenters. The number of esters is 1. The highest BCUT2D eigenvalue weighted by atomic mass is 127. The molecule has 158 valence electrons. The zero-order valence-electron chi connectivity index (χ0n) is 16.8. The highest BCUT2D eigenvalue weighted by Crippen LogP contribution is 2.17. The number of guanidine groups is 1. The van der Waals surface area contributed by atoms with Crippen molar-refractivity contribution in [3.63, 3.8) is 0 Å². The first-order chi connectivity index (χ1) is 13.1. The number of nitrogens with zero attached hydrogens (tertiary/aromatic N) is 3. The van der Waals surface area contributed by atoms with E-state index in [-0.39, 0.29) is 35.8 Å². The van der Waals surface area contributed by atoms with E-state index in [1.165, 1.54) is 19.2 Å². The predicted molar refractivity (Wildman–Crippen MR) is 122 cm³/mol. The molecule has 1 aromatic carbocycles. The summed E-state index contributed by atoms with van der Waals surface area (Å²) in [4.78, 5) is 20.0. The summed E-state index contributed by atoms with van der Waals surface area (Å²) in [7, 11) is 3.24. The van der Waals surface area contributed by atoms with E-state index in [0.29, 0.717) is 6.42 Å². The lowest BCUT2D eigenvalue weighted by molar-refractivity contribution is -0.140. The minimum atomic E-state index is -0.202. The third-order valence-corrected chi connectivity index (χ3v) is 4.80. The number of hydrogen-bond donors (Lipinski definition) is 1. The van der Waals surface area contributed by atoms with Crippen molar-refractivity contribution in [1.29, 1.82) is 0 Å². The summed E-state index contributed by atoms with van der Waals surface area (Å²) in [5.74, 6) is 0.601. The first kappa shape index (κ1) is 24.5. The van der Waals surface area contributed by atoms with Gasteiger partial charge in [-0.25, -0.2) is 4.39 Å². The Bertz CT molecular complexity index is 605. The normalized spacial score (nSPS) is 14.5. The molecule has 6 nitrogen and oxygen atoms in total. The molecule has 0 aromatic heterocycles. The standard InChI is InChI=1S/C20H31FN4O2.HI/c1-22-20(23-12-6-4-3-5-7-19(26)27-2)25-15-13-24(14-16-25)18-10-8-17(21)9-11-18;/h8-11H,3-7,12-16H2,1-2H3,(H,22,23);1H. The highest BCUT2D eigenvalue weighted by Gasteiger charge is 2.19. The van der Waals surface area contributed by atoms with Crippen LogP contribution >= 0.6 is 24.0 Å². The Morgan fingerprint density at radius 1 is 1.11 bits per heavy atom. The number of hydrogen-bond acceptors (Lipinski definition) is 4. The molecule has 0 aliphatic carbocycles. The smallest absolute Gasteiger partial charge is 0.305 e. The van der Waals surface area contributed by atoms with E-state index in [0.717, 1.165) is 70.1 Å². The van der Waals surface area contributed by atoms with Gasteiger partial charge in [-0.05, 0) is 37.1 Å². The quantitative estimate of drug-likeness (QED) is 0.193. The van der Waals surface area contributed by atoms with Crippen molar-refractivity contribution < 1.29 is 13.9 Å². The van der Waals surface area contributed by atoms with Crippen molar-refractivity contribution in [2.45, 2.75) is 32.1 Å². The van der Waals surface area contributed by atoms with Gasteiger partial charge in [0.05, 0.1) is 7.11 Å². The van der Waals surface area contributed by atoms with Gasteiger partial charge in [0.1, 0.15) is 5.82 Å². The summed E-state index contributed by atoms with van der Waals surface area (Å²) in [6.07, 6.45) is 4.55. The van der Waals surface area contributed by atoms with E-state index in [4.69, 9.17) is 0 Å². The first-order valence-electron chi connectivity index (χ1n) is 9.67. The van der Waals surface area contributed by atoms with Crippen LogP contribution in [0, 0.1) is 5.82 Å². The Kier molecular flexibility index (Phi) is 11.9. The minimum absolute atomic E-state index is 0. The molecular formula is C20H32FIN4O2. The number of unbranched alkanes of at least 4 members (excludes halogenated alkanes) is 3. The molecule has 0 radical (unpaired) electrons. The fourth-order valence-electron chi connectivity index (χ4n) is 3.21. The van der Waals surface area contributed by atoms with Crippen LogP contribution in [0.3, 0.4) is 0 Å².